The summed E-state index contributed by atoms with van der Waals surface area (Å²) in [6.45, 7) is 1.88. The molecule has 0 unspecified atom stereocenters. The number of carbonyl (C=O) groups excluding carboxylic acids is 2. The standard InChI is InChI=1S/C16H15N3O3S/c1-9-11-8-12(23-15(11)19(2)18-9)16(21)22-13(14(17)20)10-6-4-3-5-7-10/h3-8,13H,1-2H3,(H2,17,20)/t13-/m1/s1. The Labute approximate surface area is 136 Å². The van der Waals surface area contributed by atoms with Gasteiger partial charge >= 0.3 is 5.97 Å². The van der Waals surface area contributed by atoms with Crippen LogP contribution in [0.2, 0.25) is 0 Å². The van der Waals surface area contributed by atoms with Crippen LogP contribution in [0, 0.1) is 6.92 Å². The van der Waals surface area contributed by atoms with Gasteiger partial charge in [0, 0.05) is 18.0 Å². The zero-order valence-corrected chi connectivity index (χ0v) is 13.5. The van der Waals surface area contributed by atoms with Crippen LogP contribution in [0.5, 0.6) is 0 Å². The smallest absolute Gasteiger partial charge is 0.349 e. The molecule has 1 atom stereocenters. The van der Waals surface area contributed by atoms with E-state index in [-0.39, 0.29) is 0 Å². The number of primary amides is 1. The van der Waals surface area contributed by atoms with Crippen LogP contribution in [0.15, 0.2) is 36.4 Å². The largest absolute Gasteiger partial charge is 0.443 e. The number of ether oxygens (including phenoxy) is 1. The molecule has 1 amide bonds. The van der Waals surface area contributed by atoms with Gasteiger partial charge in [-0.15, -0.1) is 11.3 Å². The number of nitrogens with zero attached hydrogens (tertiary/aromatic N) is 2. The second-order valence-electron chi connectivity index (χ2n) is 5.14. The zero-order valence-electron chi connectivity index (χ0n) is 12.6. The van der Waals surface area contributed by atoms with Gasteiger partial charge in [0.15, 0.2) is 0 Å². The minimum atomic E-state index is -1.10. The lowest BCUT2D eigenvalue weighted by Crippen LogP contribution is -2.26. The molecule has 0 fully saturated rings. The van der Waals surface area contributed by atoms with Gasteiger partial charge in [0.1, 0.15) is 9.71 Å². The molecule has 6 nitrogen and oxygen atoms in total. The zero-order chi connectivity index (χ0) is 16.6. The Morgan fingerprint density at radius 1 is 1.30 bits per heavy atom. The van der Waals surface area contributed by atoms with Crippen LogP contribution >= 0.6 is 11.3 Å². The van der Waals surface area contributed by atoms with Crippen LogP contribution in [0.1, 0.15) is 27.0 Å². The summed E-state index contributed by atoms with van der Waals surface area (Å²) in [7, 11) is 1.82. The Morgan fingerprint density at radius 3 is 2.61 bits per heavy atom. The number of carbonyl (C=O) groups is 2. The van der Waals surface area contributed by atoms with Crippen LogP contribution in [0.3, 0.4) is 0 Å². The lowest BCUT2D eigenvalue weighted by Gasteiger charge is -2.14. The molecule has 23 heavy (non-hydrogen) atoms. The first kappa shape index (κ1) is 15.2. The maximum atomic E-state index is 12.4. The summed E-state index contributed by atoms with van der Waals surface area (Å²) in [5.41, 5.74) is 6.76. The van der Waals surface area contributed by atoms with E-state index in [9.17, 15) is 9.59 Å². The first-order chi connectivity index (χ1) is 11.0. The van der Waals surface area contributed by atoms with Crippen LogP contribution in [0.25, 0.3) is 10.2 Å². The summed E-state index contributed by atoms with van der Waals surface area (Å²) in [5, 5.41) is 5.19. The van der Waals surface area contributed by atoms with Gasteiger partial charge in [-0.1, -0.05) is 30.3 Å². The molecule has 3 rings (SSSR count). The van der Waals surface area contributed by atoms with Crippen molar-refractivity contribution in [2.24, 2.45) is 12.8 Å². The second kappa shape index (κ2) is 5.85. The number of rotatable bonds is 4. The third kappa shape index (κ3) is 2.83. The number of aryl methyl sites for hydroxylation is 2. The maximum absolute atomic E-state index is 12.4. The van der Waals surface area contributed by atoms with Crippen molar-refractivity contribution < 1.29 is 14.3 Å². The molecule has 2 heterocycles. The molecule has 0 aliphatic heterocycles. The molecule has 0 saturated carbocycles. The van der Waals surface area contributed by atoms with Crippen molar-refractivity contribution >= 4 is 33.4 Å². The van der Waals surface area contributed by atoms with E-state index in [1.54, 1.807) is 35.0 Å². The van der Waals surface area contributed by atoms with Gasteiger partial charge in [-0.05, 0) is 13.0 Å². The van der Waals surface area contributed by atoms with Crippen molar-refractivity contribution in [1.82, 2.24) is 9.78 Å². The Morgan fingerprint density at radius 2 is 2.00 bits per heavy atom. The van der Waals surface area contributed by atoms with Gasteiger partial charge in [-0.3, -0.25) is 9.48 Å². The molecule has 0 aliphatic rings. The number of nitrogens with two attached hydrogens (primary N) is 1. The summed E-state index contributed by atoms with van der Waals surface area (Å²) in [4.78, 5) is 25.3. The molecule has 0 saturated heterocycles. The number of esters is 1. The van der Waals surface area contributed by atoms with Crippen molar-refractivity contribution in [2.45, 2.75) is 13.0 Å². The lowest BCUT2D eigenvalue weighted by atomic mass is 10.1. The SMILES string of the molecule is Cc1nn(C)c2sc(C(=O)O[C@@H](C(N)=O)c3ccccc3)cc12. The molecular formula is C16H15N3O3S. The first-order valence-electron chi connectivity index (χ1n) is 6.95. The van der Waals surface area contributed by atoms with E-state index in [2.05, 4.69) is 5.10 Å². The van der Waals surface area contributed by atoms with Gasteiger partial charge in [0.25, 0.3) is 5.91 Å². The normalized spacial score (nSPS) is 12.3. The van der Waals surface area contributed by atoms with Crippen molar-refractivity contribution in [3.63, 3.8) is 0 Å². The summed E-state index contributed by atoms with van der Waals surface area (Å²) >= 11 is 1.28. The maximum Gasteiger partial charge on any atom is 0.349 e. The van der Waals surface area contributed by atoms with Gasteiger partial charge in [-0.2, -0.15) is 5.10 Å². The number of hydrogen-bond acceptors (Lipinski definition) is 5. The Kier molecular flexibility index (Phi) is 3.87. The highest BCUT2D eigenvalue weighted by Gasteiger charge is 2.25. The predicted octanol–water partition coefficient (Wildman–Crippen LogP) is 2.33. The van der Waals surface area contributed by atoms with Crippen molar-refractivity contribution in [1.29, 1.82) is 0 Å². The second-order valence-corrected chi connectivity index (χ2v) is 6.17. The van der Waals surface area contributed by atoms with E-state index in [0.717, 1.165) is 15.9 Å². The molecule has 0 bridgehead atoms. The molecule has 0 spiro atoms. The highest BCUT2D eigenvalue weighted by atomic mass is 32.1. The topological polar surface area (TPSA) is 87.2 Å². The minimum Gasteiger partial charge on any atom is -0.443 e. The van der Waals surface area contributed by atoms with Crippen LogP contribution < -0.4 is 5.73 Å². The highest BCUT2D eigenvalue weighted by molar-refractivity contribution is 7.20. The molecular weight excluding hydrogens is 314 g/mol. The molecule has 0 aliphatic carbocycles. The molecule has 2 N–H and O–H groups in total. The number of aromatic nitrogens is 2. The monoisotopic (exact) mass is 329 g/mol. The van der Waals surface area contributed by atoms with E-state index in [1.807, 2.05) is 20.0 Å². The number of benzene rings is 1. The quantitative estimate of drug-likeness (QED) is 0.744. The van der Waals surface area contributed by atoms with Crippen LogP contribution in [0.4, 0.5) is 0 Å². The highest BCUT2D eigenvalue weighted by Crippen LogP contribution is 2.29. The third-order valence-electron chi connectivity index (χ3n) is 3.48. The van der Waals surface area contributed by atoms with Crippen LogP contribution in [-0.4, -0.2) is 21.7 Å². The molecule has 1 aromatic carbocycles. The summed E-state index contributed by atoms with van der Waals surface area (Å²) in [6, 6.07) is 10.4. The van der Waals surface area contributed by atoms with E-state index in [4.69, 9.17) is 10.5 Å². The molecule has 2 aromatic heterocycles. The van der Waals surface area contributed by atoms with Crippen molar-refractivity contribution in [3.8, 4) is 0 Å². The summed E-state index contributed by atoms with van der Waals surface area (Å²) in [5.74, 6) is -1.28. The Hall–Kier alpha value is -2.67. The van der Waals surface area contributed by atoms with Gasteiger partial charge < -0.3 is 10.5 Å². The fraction of sp³-hybridized carbons (Fsp3) is 0.188. The summed E-state index contributed by atoms with van der Waals surface area (Å²) in [6.07, 6.45) is -1.10. The Bertz CT molecular complexity index is 848. The minimum absolute atomic E-state index is 0.415. The van der Waals surface area contributed by atoms with Gasteiger partial charge in [0.05, 0.1) is 5.69 Å². The van der Waals surface area contributed by atoms with Crippen LogP contribution in [-0.2, 0) is 16.6 Å². The van der Waals surface area contributed by atoms with Gasteiger partial charge in [-0.25, -0.2) is 4.79 Å². The van der Waals surface area contributed by atoms with Crippen molar-refractivity contribution in [3.05, 3.63) is 52.5 Å². The Balaban J connectivity index is 1.89. The number of amides is 1. The fourth-order valence-corrected chi connectivity index (χ4v) is 3.40. The van der Waals surface area contributed by atoms with E-state index in [1.165, 1.54) is 11.3 Å². The number of thiophene rings is 1. The van der Waals surface area contributed by atoms with E-state index < -0.39 is 18.0 Å². The molecule has 7 heteroatoms. The lowest BCUT2D eigenvalue weighted by molar-refractivity contribution is -0.127. The number of hydrogen-bond donors (Lipinski definition) is 1. The number of fused-ring (bicyclic) bond motifs is 1. The molecule has 0 radical (unpaired) electrons. The fourth-order valence-electron chi connectivity index (χ4n) is 2.39. The third-order valence-corrected chi connectivity index (χ3v) is 4.66. The van der Waals surface area contributed by atoms with E-state index >= 15 is 0 Å². The van der Waals surface area contributed by atoms with E-state index in [0.29, 0.717) is 10.4 Å². The van der Waals surface area contributed by atoms with Crippen molar-refractivity contribution in [2.75, 3.05) is 0 Å². The average molecular weight is 329 g/mol. The van der Waals surface area contributed by atoms with Gasteiger partial charge in [0.2, 0.25) is 6.10 Å². The molecule has 3 aromatic rings. The molecule has 118 valence electrons. The summed E-state index contributed by atoms with van der Waals surface area (Å²) < 4.78 is 7.05. The predicted molar refractivity (Wildman–Crippen MR) is 87.1 cm³/mol. The first-order valence-corrected chi connectivity index (χ1v) is 7.77. The average Bonchev–Trinajstić information content (AvgIpc) is 3.07.